The molecule has 0 aliphatic heterocycles. The summed E-state index contributed by atoms with van der Waals surface area (Å²) in [7, 11) is 0. The lowest BCUT2D eigenvalue weighted by atomic mass is 9.89. The van der Waals surface area contributed by atoms with Crippen LogP contribution in [0, 0.1) is 5.92 Å². The third kappa shape index (κ3) is 6.32. The van der Waals surface area contributed by atoms with Crippen molar-refractivity contribution in [1.82, 2.24) is 4.98 Å². The Kier molecular flexibility index (Phi) is 8.07. The Morgan fingerprint density at radius 2 is 1.84 bits per heavy atom. The van der Waals surface area contributed by atoms with E-state index in [4.69, 9.17) is 21.3 Å². The molecular formula is C30H29ClN2O3S. The molecule has 3 aromatic carbocycles. The van der Waals surface area contributed by atoms with Gasteiger partial charge in [-0.1, -0.05) is 67.3 Å². The molecule has 4 aromatic rings. The number of anilines is 2. The van der Waals surface area contributed by atoms with Crippen molar-refractivity contribution in [2.45, 2.75) is 38.7 Å². The van der Waals surface area contributed by atoms with Crippen LogP contribution in [0.15, 0.2) is 78.2 Å². The zero-order chi connectivity index (χ0) is 25.6. The number of benzene rings is 3. The van der Waals surface area contributed by atoms with Gasteiger partial charge >= 0.3 is 5.97 Å². The summed E-state index contributed by atoms with van der Waals surface area (Å²) in [5.41, 5.74) is 3.82. The SMILES string of the molecule is O=C(O)c1cccc(N(CC2CCCCC2)c2nc(-c3cc(Cl)ccc3OCc3ccccc3)cs2)c1. The van der Waals surface area contributed by atoms with E-state index in [0.717, 1.165) is 39.9 Å². The first kappa shape index (κ1) is 25.3. The minimum absolute atomic E-state index is 0.273. The van der Waals surface area contributed by atoms with Crippen LogP contribution in [0.25, 0.3) is 11.3 Å². The Morgan fingerprint density at radius 3 is 2.62 bits per heavy atom. The van der Waals surface area contributed by atoms with Gasteiger partial charge in [0.15, 0.2) is 5.13 Å². The molecule has 1 fully saturated rings. The Bertz CT molecular complexity index is 1350. The molecule has 1 aliphatic rings. The number of hydrogen-bond donors (Lipinski definition) is 1. The predicted octanol–water partition coefficient (Wildman–Crippen LogP) is 8.46. The molecule has 0 unspecified atom stereocenters. The lowest BCUT2D eigenvalue weighted by molar-refractivity contribution is 0.0697. The lowest BCUT2D eigenvalue weighted by Crippen LogP contribution is -2.26. The molecule has 5 nitrogen and oxygen atoms in total. The number of halogens is 1. The van der Waals surface area contributed by atoms with E-state index >= 15 is 0 Å². The number of aromatic nitrogens is 1. The first-order chi connectivity index (χ1) is 18.1. The van der Waals surface area contributed by atoms with E-state index in [1.165, 1.54) is 32.1 Å². The van der Waals surface area contributed by atoms with Crippen LogP contribution in [0.2, 0.25) is 5.02 Å². The molecule has 0 atom stereocenters. The van der Waals surface area contributed by atoms with Gasteiger partial charge in [0.1, 0.15) is 12.4 Å². The minimum atomic E-state index is -0.932. The summed E-state index contributed by atoms with van der Waals surface area (Å²) in [6.45, 7) is 1.26. The number of nitrogens with zero attached hydrogens (tertiary/aromatic N) is 2. The fourth-order valence-corrected chi connectivity index (χ4v) is 5.83. The molecule has 1 aliphatic carbocycles. The molecule has 1 saturated carbocycles. The highest BCUT2D eigenvalue weighted by Crippen LogP contribution is 2.39. The summed E-state index contributed by atoms with van der Waals surface area (Å²) in [6, 6.07) is 22.8. The number of aromatic carboxylic acids is 1. The second-order valence-corrected chi connectivity index (χ2v) is 10.7. The maximum atomic E-state index is 11.7. The van der Waals surface area contributed by atoms with Gasteiger partial charge in [-0.3, -0.25) is 0 Å². The summed E-state index contributed by atoms with van der Waals surface area (Å²) in [4.78, 5) is 18.9. The van der Waals surface area contributed by atoms with E-state index in [1.54, 1.807) is 29.5 Å². The van der Waals surface area contributed by atoms with E-state index in [-0.39, 0.29) is 5.56 Å². The topological polar surface area (TPSA) is 62.7 Å². The van der Waals surface area contributed by atoms with Crippen molar-refractivity contribution in [3.05, 3.63) is 94.3 Å². The van der Waals surface area contributed by atoms with Crippen LogP contribution in [0.3, 0.4) is 0 Å². The summed E-state index contributed by atoms with van der Waals surface area (Å²) in [5.74, 6) is 0.334. The molecule has 7 heteroatoms. The highest BCUT2D eigenvalue weighted by atomic mass is 35.5. The lowest BCUT2D eigenvalue weighted by Gasteiger charge is -2.29. The zero-order valence-electron chi connectivity index (χ0n) is 20.5. The van der Waals surface area contributed by atoms with Gasteiger partial charge in [0.2, 0.25) is 0 Å². The summed E-state index contributed by atoms with van der Waals surface area (Å²) >= 11 is 7.93. The molecule has 0 bridgehead atoms. The van der Waals surface area contributed by atoms with Crippen LogP contribution in [0.1, 0.15) is 48.0 Å². The van der Waals surface area contributed by atoms with Gasteiger partial charge in [-0.2, -0.15) is 0 Å². The Hall–Kier alpha value is -3.35. The third-order valence-corrected chi connectivity index (χ3v) is 7.85. The quantitative estimate of drug-likeness (QED) is 0.234. The molecule has 0 saturated heterocycles. The number of rotatable bonds is 9. The van der Waals surface area contributed by atoms with Crippen molar-refractivity contribution in [2.24, 2.45) is 5.92 Å². The van der Waals surface area contributed by atoms with E-state index in [1.807, 2.05) is 60.0 Å². The molecule has 0 radical (unpaired) electrons. The summed E-state index contributed by atoms with van der Waals surface area (Å²) in [5, 5.41) is 13.0. The average molecular weight is 533 g/mol. The maximum Gasteiger partial charge on any atom is 0.335 e. The van der Waals surface area contributed by atoms with Crippen molar-refractivity contribution in [3.63, 3.8) is 0 Å². The number of hydrogen-bond acceptors (Lipinski definition) is 5. The average Bonchev–Trinajstić information content (AvgIpc) is 3.42. The second-order valence-electron chi connectivity index (χ2n) is 9.40. The van der Waals surface area contributed by atoms with Gasteiger partial charge in [0.25, 0.3) is 0 Å². The fraction of sp³-hybridized carbons (Fsp3) is 0.267. The van der Waals surface area contributed by atoms with E-state index in [0.29, 0.717) is 17.5 Å². The summed E-state index contributed by atoms with van der Waals surface area (Å²) in [6.07, 6.45) is 6.12. The van der Waals surface area contributed by atoms with Gasteiger partial charge < -0.3 is 14.7 Å². The van der Waals surface area contributed by atoms with Crippen LogP contribution in [0.4, 0.5) is 10.8 Å². The van der Waals surface area contributed by atoms with Crippen LogP contribution < -0.4 is 9.64 Å². The van der Waals surface area contributed by atoms with Gasteiger partial charge in [-0.05, 0) is 60.7 Å². The van der Waals surface area contributed by atoms with Crippen LogP contribution >= 0.6 is 22.9 Å². The molecule has 1 heterocycles. The van der Waals surface area contributed by atoms with Crippen molar-refractivity contribution >= 4 is 39.7 Å². The van der Waals surface area contributed by atoms with E-state index in [9.17, 15) is 9.90 Å². The van der Waals surface area contributed by atoms with Crippen LogP contribution in [-0.2, 0) is 6.61 Å². The predicted molar refractivity (Wildman–Crippen MR) is 150 cm³/mol. The number of carboxylic acids is 1. The number of carboxylic acid groups (broad SMARTS) is 1. The smallest absolute Gasteiger partial charge is 0.335 e. The minimum Gasteiger partial charge on any atom is -0.488 e. The fourth-order valence-electron chi connectivity index (χ4n) is 4.80. The molecule has 0 spiro atoms. The van der Waals surface area contributed by atoms with Gasteiger partial charge in [-0.15, -0.1) is 11.3 Å². The Morgan fingerprint density at radius 1 is 1.03 bits per heavy atom. The van der Waals surface area contributed by atoms with Gasteiger partial charge in [0.05, 0.1) is 11.3 Å². The molecule has 1 N–H and O–H groups in total. The molecule has 190 valence electrons. The monoisotopic (exact) mass is 532 g/mol. The molecule has 1 aromatic heterocycles. The second kappa shape index (κ2) is 11.8. The van der Waals surface area contributed by atoms with Crippen molar-refractivity contribution in [2.75, 3.05) is 11.4 Å². The Labute approximate surface area is 226 Å². The van der Waals surface area contributed by atoms with Crippen molar-refractivity contribution < 1.29 is 14.6 Å². The van der Waals surface area contributed by atoms with E-state index < -0.39 is 5.97 Å². The molecule has 37 heavy (non-hydrogen) atoms. The van der Waals surface area contributed by atoms with E-state index in [2.05, 4.69) is 4.90 Å². The first-order valence-electron chi connectivity index (χ1n) is 12.6. The zero-order valence-corrected chi connectivity index (χ0v) is 22.0. The van der Waals surface area contributed by atoms with Crippen LogP contribution in [-0.4, -0.2) is 22.6 Å². The first-order valence-corrected chi connectivity index (χ1v) is 13.9. The molecule has 5 rings (SSSR count). The highest BCUT2D eigenvalue weighted by molar-refractivity contribution is 7.14. The van der Waals surface area contributed by atoms with Crippen molar-refractivity contribution in [3.8, 4) is 17.0 Å². The summed E-state index contributed by atoms with van der Waals surface area (Å²) < 4.78 is 6.18. The molecule has 0 amide bonds. The number of carbonyl (C=O) groups is 1. The third-order valence-electron chi connectivity index (χ3n) is 6.75. The normalized spacial score (nSPS) is 13.9. The largest absolute Gasteiger partial charge is 0.488 e. The highest BCUT2D eigenvalue weighted by Gasteiger charge is 2.23. The van der Waals surface area contributed by atoms with Gasteiger partial charge in [-0.25, -0.2) is 9.78 Å². The molecular weight excluding hydrogens is 504 g/mol. The number of ether oxygens (including phenoxy) is 1. The van der Waals surface area contributed by atoms with Gasteiger partial charge in [0, 0.05) is 28.2 Å². The maximum absolute atomic E-state index is 11.7. The standard InChI is InChI=1S/C30H29ClN2O3S/c31-24-14-15-28(36-19-22-10-5-2-6-11-22)26(17-24)27-20-37-30(32-27)33(18-21-8-3-1-4-9-21)25-13-7-12-23(16-25)29(34)35/h2,5-7,10-17,20-21H,1,3-4,8-9,18-19H2,(H,34,35). The Balaban J connectivity index is 1.46. The van der Waals surface area contributed by atoms with Crippen molar-refractivity contribution in [1.29, 1.82) is 0 Å². The number of thiazole rings is 1. The van der Waals surface area contributed by atoms with Crippen LogP contribution in [0.5, 0.6) is 5.75 Å².